The summed E-state index contributed by atoms with van der Waals surface area (Å²) in [4.78, 5) is 13.7. The van der Waals surface area contributed by atoms with Crippen molar-refractivity contribution in [2.75, 3.05) is 51.0 Å². The van der Waals surface area contributed by atoms with Crippen LogP contribution in [0.25, 0.3) is 0 Å². The monoisotopic (exact) mass is 342 g/mol. The molecular formula is C17H24F2N2O3. The molecular weight excluding hydrogens is 318 g/mol. The summed E-state index contributed by atoms with van der Waals surface area (Å²) >= 11 is 0. The maximum absolute atomic E-state index is 13.3. The largest absolute Gasteiger partial charge is 0.379 e. The third-order valence-corrected chi connectivity index (χ3v) is 3.95. The van der Waals surface area contributed by atoms with E-state index in [1.165, 1.54) is 6.07 Å². The van der Waals surface area contributed by atoms with Crippen LogP contribution in [0, 0.1) is 17.6 Å². The van der Waals surface area contributed by atoms with Crippen molar-refractivity contribution in [1.29, 1.82) is 0 Å². The number of benzene rings is 1. The zero-order chi connectivity index (χ0) is 17.4. The average Bonchev–Trinajstić information content (AvgIpc) is 3.04. The Bertz CT molecular complexity index is 543. The third-order valence-electron chi connectivity index (χ3n) is 3.95. The van der Waals surface area contributed by atoms with E-state index >= 15 is 0 Å². The predicted molar refractivity (Wildman–Crippen MR) is 87.0 cm³/mol. The Morgan fingerprint density at radius 1 is 1.29 bits per heavy atom. The van der Waals surface area contributed by atoms with Crippen LogP contribution in [0.5, 0.6) is 0 Å². The lowest BCUT2D eigenvalue weighted by atomic mass is 10.1. The normalized spacial score (nSPS) is 17.3. The minimum atomic E-state index is -0.842. The number of carbonyl (C=O) groups is 1. The van der Waals surface area contributed by atoms with E-state index in [9.17, 15) is 13.6 Å². The van der Waals surface area contributed by atoms with Gasteiger partial charge in [0.2, 0.25) is 5.91 Å². The van der Waals surface area contributed by atoms with Gasteiger partial charge in [0.05, 0.1) is 13.2 Å². The predicted octanol–water partition coefficient (Wildman–Crippen LogP) is 1.96. The van der Waals surface area contributed by atoms with Crippen LogP contribution in [0.4, 0.5) is 14.5 Å². The second kappa shape index (κ2) is 9.54. The van der Waals surface area contributed by atoms with Gasteiger partial charge in [-0.25, -0.2) is 8.78 Å². The summed E-state index contributed by atoms with van der Waals surface area (Å²) in [6.45, 7) is 5.45. The van der Waals surface area contributed by atoms with E-state index in [1.54, 1.807) is 6.07 Å². The van der Waals surface area contributed by atoms with Gasteiger partial charge >= 0.3 is 0 Å². The molecule has 0 aliphatic carbocycles. The number of hydrogen-bond acceptors (Lipinski definition) is 4. The molecule has 134 valence electrons. The van der Waals surface area contributed by atoms with Gasteiger partial charge in [0.25, 0.3) is 0 Å². The van der Waals surface area contributed by atoms with Crippen molar-refractivity contribution in [2.45, 2.75) is 13.3 Å². The van der Waals surface area contributed by atoms with E-state index in [0.717, 1.165) is 19.0 Å². The third kappa shape index (κ3) is 5.72. The maximum atomic E-state index is 13.3. The summed E-state index contributed by atoms with van der Waals surface area (Å²) in [6.07, 6.45) is 0.893. The van der Waals surface area contributed by atoms with Gasteiger partial charge < -0.3 is 19.7 Å². The molecule has 1 saturated heterocycles. The number of nitrogens with one attached hydrogen (secondary N) is 1. The number of halogens is 2. The van der Waals surface area contributed by atoms with Crippen molar-refractivity contribution >= 4 is 11.6 Å². The second-order valence-corrected chi connectivity index (χ2v) is 5.75. The fourth-order valence-corrected chi connectivity index (χ4v) is 2.65. The van der Waals surface area contributed by atoms with E-state index in [0.29, 0.717) is 38.6 Å². The summed E-state index contributed by atoms with van der Waals surface area (Å²) in [5, 5.41) is 2.84. The zero-order valence-corrected chi connectivity index (χ0v) is 13.9. The summed E-state index contributed by atoms with van der Waals surface area (Å²) < 4.78 is 36.6. The van der Waals surface area contributed by atoms with Crippen LogP contribution in [-0.2, 0) is 14.3 Å². The fourth-order valence-electron chi connectivity index (χ4n) is 2.65. The van der Waals surface area contributed by atoms with Gasteiger partial charge in [0.1, 0.15) is 6.61 Å². The Morgan fingerprint density at radius 2 is 2.08 bits per heavy atom. The smallest absolute Gasteiger partial charge is 0.246 e. The molecule has 24 heavy (non-hydrogen) atoms. The fraction of sp³-hybridized carbons (Fsp3) is 0.588. The van der Waals surface area contributed by atoms with Crippen LogP contribution in [0.15, 0.2) is 18.2 Å². The van der Waals surface area contributed by atoms with Gasteiger partial charge in [-0.2, -0.15) is 0 Å². The summed E-state index contributed by atoms with van der Waals surface area (Å²) in [5.74, 6) is -1.55. The quantitative estimate of drug-likeness (QED) is 0.697. The second-order valence-electron chi connectivity index (χ2n) is 5.75. The van der Waals surface area contributed by atoms with Gasteiger partial charge in [-0.05, 0) is 31.4 Å². The number of rotatable bonds is 9. The number of ether oxygens (including phenoxy) is 2. The highest BCUT2D eigenvalue weighted by Crippen LogP contribution is 2.24. The van der Waals surface area contributed by atoms with Gasteiger partial charge in [-0.15, -0.1) is 0 Å². The number of anilines is 1. The molecule has 5 nitrogen and oxygen atoms in total. The van der Waals surface area contributed by atoms with Gasteiger partial charge in [-0.1, -0.05) is 0 Å². The SMILES string of the molecule is CCOCCOCC(=O)NCC1CCN(c2ccc(F)c(F)c2)C1. The van der Waals surface area contributed by atoms with Crippen molar-refractivity contribution in [3.63, 3.8) is 0 Å². The summed E-state index contributed by atoms with van der Waals surface area (Å²) in [6, 6.07) is 3.92. The highest BCUT2D eigenvalue weighted by atomic mass is 19.2. The molecule has 0 radical (unpaired) electrons. The molecule has 0 spiro atoms. The van der Waals surface area contributed by atoms with E-state index in [2.05, 4.69) is 5.32 Å². The zero-order valence-electron chi connectivity index (χ0n) is 13.9. The van der Waals surface area contributed by atoms with E-state index < -0.39 is 11.6 Å². The molecule has 1 aliphatic rings. The molecule has 1 heterocycles. The Morgan fingerprint density at radius 3 is 2.83 bits per heavy atom. The maximum Gasteiger partial charge on any atom is 0.246 e. The van der Waals surface area contributed by atoms with Gasteiger partial charge in [0, 0.05) is 38.0 Å². The Labute approximate surface area is 140 Å². The molecule has 0 saturated carbocycles. The van der Waals surface area contributed by atoms with E-state index in [-0.39, 0.29) is 18.4 Å². The molecule has 1 fully saturated rings. The van der Waals surface area contributed by atoms with Crippen LogP contribution in [0.2, 0.25) is 0 Å². The Hall–Kier alpha value is -1.73. The van der Waals surface area contributed by atoms with E-state index in [1.807, 2.05) is 11.8 Å². The minimum absolute atomic E-state index is 0.0205. The minimum Gasteiger partial charge on any atom is -0.379 e. The van der Waals surface area contributed by atoms with Gasteiger partial charge in [0.15, 0.2) is 11.6 Å². The highest BCUT2D eigenvalue weighted by Gasteiger charge is 2.23. The molecule has 1 N–H and O–H groups in total. The average molecular weight is 342 g/mol. The first-order valence-electron chi connectivity index (χ1n) is 8.22. The molecule has 1 aromatic carbocycles. The van der Waals surface area contributed by atoms with Crippen molar-refractivity contribution in [1.82, 2.24) is 5.32 Å². The first-order chi connectivity index (χ1) is 11.6. The highest BCUT2D eigenvalue weighted by molar-refractivity contribution is 5.77. The molecule has 1 amide bonds. The molecule has 1 unspecified atom stereocenters. The van der Waals surface area contributed by atoms with Crippen LogP contribution < -0.4 is 10.2 Å². The lowest BCUT2D eigenvalue weighted by molar-refractivity contribution is -0.126. The number of nitrogens with zero attached hydrogens (tertiary/aromatic N) is 1. The topological polar surface area (TPSA) is 50.8 Å². The van der Waals surface area contributed by atoms with Crippen molar-refractivity contribution in [3.05, 3.63) is 29.8 Å². The van der Waals surface area contributed by atoms with Gasteiger partial charge in [-0.3, -0.25) is 4.79 Å². The first kappa shape index (κ1) is 18.6. The Balaban J connectivity index is 1.66. The molecule has 2 rings (SSSR count). The molecule has 1 aromatic rings. The summed E-state index contributed by atoms with van der Waals surface area (Å²) in [5.41, 5.74) is 0.669. The van der Waals surface area contributed by atoms with Crippen LogP contribution in [0.1, 0.15) is 13.3 Å². The number of hydrogen-bond donors (Lipinski definition) is 1. The first-order valence-corrected chi connectivity index (χ1v) is 8.22. The van der Waals surface area contributed by atoms with E-state index in [4.69, 9.17) is 9.47 Å². The van der Waals surface area contributed by atoms with Crippen molar-refractivity contribution < 1.29 is 23.0 Å². The lowest BCUT2D eigenvalue weighted by Crippen LogP contribution is -2.33. The van der Waals surface area contributed by atoms with Crippen LogP contribution >= 0.6 is 0 Å². The molecule has 1 atom stereocenters. The number of carbonyl (C=O) groups excluding carboxylic acids is 1. The lowest BCUT2D eigenvalue weighted by Gasteiger charge is -2.19. The van der Waals surface area contributed by atoms with Crippen molar-refractivity contribution in [2.24, 2.45) is 5.92 Å². The summed E-state index contributed by atoms with van der Waals surface area (Å²) in [7, 11) is 0. The molecule has 0 aromatic heterocycles. The standard InChI is InChI=1S/C17H24F2N2O3/c1-2-23-7-8-24-12-17(22)20-10-13-5-6-21(11-13)14-3-4-15(18)16(19)9-14/h3-4,9,13H,2,5-8,10-12H2,1H3,(H,20,22). The number of amides is 1. The van der Waals surface area contributed by atoms with Crippen LogP contribution in [0.3, 0.4) is 0 Å². The van der Waals surface area contributed by atoms with Crippen molar-refractivity contribution in [3.8, 4) is 0 Å². The molecule has 7 heteroatoms. The molecule has 0 bridgehead atoms. The molecule has 1 aliphatic heterocycles. The Kier molecular flexibility index (Phi) is 7.39. The van der Waals surface area contributed by atoms with Crippen LogP contribution in [-0.4, -0.2) is 52.0 Å².